The van der Waals surface area contributed by atoms with Crippen molar-refractivity contribution in [3.05, 3.63) is 46.4 Å². The number of ether oxygens (including phenoxy) is 2. The monoisotopic (exact) mass is 801 g/mol. The van der Waals surface area contributed by atoms with Gasteiger partial charge in [0.15, 0.2) is 0 Å². The number of aromatic nitrogens is 2. The molecule has 3 aliphatic heterocycles. The summed E-state index contributed by atoms with van der Waals surface area (Å²) in [5.41, 5.74) is 5.52. The number of H-pyrrole nitrogens is 1. The van der Waals surface area contributed by atoms with E-state index in [1.165, 1.54) is 50.4 Å². The van der Waals surface area contributed by atoms with Crippen molar-refractivity contribution in [2.24, 2.45) is 16.8 Å². The molecule has 0 radical (unpaired) electrons. The number of likely N-dealkylation sites (tertiary alicyclic amines) is 2. The Kier molecular flexibility index (Phi) is 11.3. The maximum absolute atomic E-state index is 13.7. The average molecular weight is 802 g/mol. The topological polar surface area (TPSA) is 158 Å². The molecular weight excluding hydrogens is 751 g/mol. The minimum Gasteiger partial charge on any atom is -0.453 e. The number of carbonyl (C=O) groups excluding carboxylic acids is 4. The summed E-state index contributed by atoms with van der Waals surface area (Å²) < 4.78 is 12.1. The van der Waals surface area contributed by atoms with Gasteiger partial charge in [0.2, 0.25) is 11.8 Å². The molecular formula is C41H51N7O6S2. The van der Waals surface area contributed by atoms with Crippen LogP contribution >= 0.6 is 22.7 Å². The van der Waals surface area contributed by atoms with Gasteiger partial charge < -0.3 is 34.9 Å². The van der Waals surface area contributed by atoms with E-state index in [0.29, 0.717) is 19.5 Å². The number of amides is 4. The number of nitrogens with one attached hydrogen (secondary N) is 3. The van der Waals surface area contributed by atoms with Gasteiger partial charge >= 0.3 is 12.2 Å². The molecule has 0 saturated carbocycles. The van der Waals surface area contributed by atoms with Gasteiger partial charge in [0.1, 0.15) is 17.9 Å². The first-order chi connectivity index (χ1) is 26.8. The number of rotatable bonds is 10. The highest BCUT2D eigenvalue weighted by Crippen LogP contribution is 2.45. The van der Waals surface area contributed by atoms with E-state index in [9.17, 15) is 19.2 Å². The number of hydrogen-bond donors (Lipinski definition) is 3. The summed E-state index contributed by atoms with van der Waals surface area (Å²) in [7, 11) is 2.60. The van der Waals surface area contributed by atoms with E-state index in [1.807, 2.05) is 49.9 Å². The molecule has 2 fully saturated rings. The highest BCUT2D eigenvalue weighted by Gasteiger charge is 2.40. The molecule has 298 valence electrons. The van der Waals surface area contributed by atoms with Gasteiger partial charge in [-0.05, 0) is 91.0 Å². The fourth-order valence-corrected chi connectivity index (χ4v) is 10.7. The van der Waals surface area contributed by atoms with Crippen molar-refractivity contribution in [3.8, 4) is 10.6 Å². The number of aliphatic imine (C=N–C) groups is 1. The largest absolute Gasteiger partial charge is 0.453 e. The molecule has 13 nitrogen and oxygen atoms in total. The van der Waals surface area contributed by atoms with Crippen LogP contribution < -0.4 is 10.6 Å². The summed E-state index contributed by atoms with van der Waals surface area (Å²) in [4.78, 5) is 70.6. The predicted molar refractivity (Wildman–Crippen MR) is 221 cm³/mol. The quantitative estimate of drug-likeness (QED) is 0.148. The summed E-state index contributed by atoms with van der Waals surface area (Å²) in [6, 6.07) is 2.88. The van der Waals surface area contributed by atoms with Gasteiger partial charge in [-0.3, -0.25) is 14.6 Å². The van der Waals surface area contributed by atoms with Crippen LogP contribution in [0, 0.1) is 25.7 Å². The van der Waals surface area contributed by atoms with Crippen molar-refractivity contribution in [1.82, 2.24) is 30.4 Å². The van der Waals surface area contributed by atoms with Gasteiger partial charge in [0, 0.05) is 45.7 Å². The second-order valence-corrected chi connectivity index (χ2v) is 17.8. The Balaban J connectivity index is 1.08. The molecule has 1 aromatic carbocycles. The molecule has 3 N–H and O–H groups in total. The molecule has 0 aliphatic carbocycles. The van der Waals surface area contributed by atoms with Crippen molar-refractivity contribution in [3.63, 3.8) is 0 Å². The number of imidazole rings is 1. The standard InChI is InChI=1S/C41H51N7O6S2/c1-20(2)33(45-40(51)53-7)38(49)47-13-9-11-29(47)27-15-24(18-42-27)31-16-25-22(5)36-26(23(6)35(25)55-31)17-32(56-36)28-19-43-37(44-28)30-12-10-14-48(30)39(50)34(21(3)4)46-41(52)54-8/h16-21,29-30,33-34H,9-15H2,1-8H3,(H,43,44)(H,45,51)(H,46,52)/t29-,30-,33-,34-/m0/s1. The first-order valence-electron chi connectivity index (χ1n) is 19.4. The number of alkyl carbamates (subject to hydrolysis) is 2. The Morgan fingerprint density at radius 1 is 0.804 bits per heavy atom. The Bertz CT molecular complexity index is 2190. The third-order valence-electron chi connectivity index (χ3n) is 11.4. The average Bonchev–Trinajstić information content (AvgIpc) is 4.02. The molecule has 3 aromatic heterocycles. The number of carbonyl (C=O) groups is 4. The van der Waals surface area contributed by atoms with Crippen LogP contribution in [-0.4, -0.2) is 94.9 Å². The van der Waals surface area contributed by atoms with E-state index >= 15 is 0 Å². The fraction of sp³-hybridized carbons (Fsp3) is 0.512. The lowest BCUT2D eigenvalue weighted by Crippen LogP contribution is -2.53. The molecule has 6 heterocycles. The lowest BCUT2D eigenvalue weighted by atomic mass is 9.99. The molecule has 0 unspecified atom stereocenters. The number of nitrogens with zero attached hydrogens (tertiary/aromatic N) is 4. The Hall–Kier alpha value is -4.76. The zero-order chi connectivity index (χ0) is 40.0. The number of aryl methyl sites for hydroxylation is 2. The molecule has 7 rings (SSSR count). The minimum absolute atomic E-state index is 0.0863. The Morgan fingerprint density at radius 2 is 1.32 bits per heavy atom. The minimum atomic E-state index is -0.686. The smallest absolute Gasteiger partial charge is 0.407 e. The van der Waals surface area contributed by atoms with Crippen molar-refractivity contribution in [1.29, 1.82) is 0 Å². The van der Waals surface area contributed by atoms with Crippen LogP contribution in [0.1, 0.15) is 87.7 Å². The predicted octanol–water partition coefficient (Wildman–Crippen LogP) is 7.72. The second kappa shape index (κ2) is 16.0. The molecule has 0 spiro atoms. The van der Waals surface area contributed by atoms with Gasteiger partial charge in [0.25, 0.3) is 0 Å². The number of thiophene rings is 2. The van der Waals surface area contributed by atoms with E-state index in [-0.39, 0.29) is 35.7 Å². The lowest BCUT2D eigenvalue weighted by molar-refractivity contribution is -0.135. The third kappa shape index (κ3) is 7.31. The van der Waals surface area contributed by atoms with Gasteiger partial charge in [0.05, 0.1) is 43.1 Å². The SMILES string of the molecule is COC(=O)N[C@H](C(=O)N1CCC[C@H]1C1=NC=C(c2cc3c(C)c4sc(-c5cnc([C@@H]6CCCN6C(=O)[C@@H](NC(=O)OC)C(C)C)[nH]5)cc4c(C)c3s2)C1)C(C)C. The zero-order valence-corrected chi connectivity index (χ0v) is 34.9. The first kappa shape index (κ1) is 39.5. The fourth-order valence-electron chi connectivity index (χ4n) is 8.31. The number of methoxy groups -OCH3 is 2. The summed E-state index contributed by atoms with van der Waals surface area (Å²) in [6.07, 6.45) is 6.67. The first-order valence-corrected chi connectivity index (χ1v) is 21.0. The van der Waals surface area contributed by atoms with Crippen LogP contribution in [-0.2, 0) is 19.1 Å². The highest BCUT2D eigenvalue weighted by molar-refractivity contribution is 7.23. The van der Waals surface area contributed by atoms with Crippen LogP contribution in [0.25, 0.3) is 36.3 Å². The molecule has 15 heteroatoms. The van der Waals surface area contributed by atoms with Crippen molar-refractivity contribution in [2.45, 2.75) is 97.8 Å². The van der Waals surface area contributed by atoms with E-state index in [1.54, 1.807) is 22.7 Å². The van der Waals surface area contributed by atoms with Crippen molar-refractivity contribution < 1.29 is 28.7 Å². The molecule has 4 atom stereocenters. The zero-order valence-electron chi connectivity index (χ0n) is 33.3. The maximum atomic E-state index is 13.7. The van der Waals surface area contributed by atoms with E-state index in [0.717, 1.165) is 53.4 Å². The molecule has 3 aliphatic rings. The molecule has 4 aromatic rings. The molecule has 0 bridgehead atoms. The van der Waals surface area contributed by atoms with Crippen molar-refractivity contribution in [2.75, 3.05) is 27.3 Å². The summed E-state index contributed by atoms with van der Waals surface area (Å²) in [5.74, 6) is 0.334. The molecule has 56 heavy (non-hydrogen) atoms. The number of hydrogen-bond acceptors (Lipinski definition) is 10. The van der Waals surface area contributed by atoms with Crippen molar-refractivity contribution >= 4 is 78.1 Å². The van der Waals surface area contributed by atoms with E-state index in [2.05, 4.69) is 41.6 Å². The second-order valence-electron chi connectivity index (χ2n) is 15.7. The number of aromatic amines is 1. The lowest BCUT2D eigenvalue weighted by Gasteiger charge is -2.31. The maximum Gasteiger partial charge on any atom is 0.407 e. The highest BCUT2D eigenvalue weighted by atomic mass is 32.1. The summed E-state index contributed by atoms with van der Waals surface area (Å²) >= 11 is 3.53. The molecule has 2 saturated heterocycles. The Morgan fingerprint density at radius 3 is 1.88 bits per heavy atom. The van der Waals surface area contributed by atoms with E-state index in [4.69, 9.17) is 19.5 Å². The Labute approximate surface area is 334 Å². The van der Waals surface area contributed by atoms with Crippen LogP contribution in [0.15, 0.2) is 29.5 Å². The van der Waals surface area contributed by atoms with Gasteiger partial charge in [-0.2, -0.15) is 0 Å². The van der Waals surface area contributed by atoms with Crippen LogP contribution in [0.3, 0.4) is 0 Å². The van der Waals surface area contributed by atoms with Crippen LogP contribution in [0.4, 0.5) is 9.59 Å². The molecule has 4 amide bonds. The normalized spacial score (nSPS) is 19.5. The number of allylic oxidation sites excluding steroid dienone is 1. The van der Waals surface area contributed by atoms with Gasteiger partial charge in [-0.25, -0.2) is 14.6 Å². The van der Waals surface area contributed by atoms with Crippen LogP contribution in [0.5, 0.6) is 0 Å². The number of benzene rings is 1. The van der Waals surface area contributed by atoms with E-state index < -0.39 is 24.3 Å². The summed E-state index contributed by atoms with van der Waals surface area (Å²) in [6.45, 7) is 13.3. The summed E-state index contributed by atoms with van der Waals surface area (Å²) in [5, 5.41) is 7.89. The number of fused-ring (bicyclic) bond motifs is 2. The van der Waals surface area contributed by atoms with Crippen LogP contribution in [0.2, 0.25) is 0 Å². The third-order valence-corrected chi connectivity index (χ3v) is 14.1. The van der Waals surface area contributed by atoms with Gasteiger partial charge in [-0.15, -0.1) is 22.7 Å². The van der Waals surface area contributed by atoms with Gasteiger partial charge in [-0.1, -0.05) is 27.7 Å².